The number of nitrogens with zero attached hydrogens (tertiary/aromatic N) is 1. The maximum atomic E-state index is 11.8. The van der Waals surface area contributed by atoms with Crippen LogP contribution < -0.4 is 14.8 Å². The van der Waals surface area contributed by atoms with E-state index >= 15 is 0 Å². The first-order valence-corrected chi connectivity index (χ1v) is 6.71. The molecule has 2 aliphatic rings. The van der Waals surface area contributed by atoms with Crippen molar-refractivity contribution in [2.45, 2.75) is 18.6 Å². The van der Waals surface area contributed by atoms with Gasteiger partial charge in [0.2, 0.25) is 12.7 Å². The van der Waals surface area contributed by atoms with Crippen molar-refractivity contribution in [1.82, 2.24) is 10.2 Å². The number of amides is 1. The molecule has 2 atom stereocenters. The third-order valence-corrected chi connectivity index (χ3v) is 3.77. The molecular formula is C14H18N2O4. The van der Waals surface area contributed by atoms with E-state index in [1.54, 1.807) is 24.1 Å². The summed E-state index contributed by atoms with van der Waals surface area (Å²) < 4.78 is 10.5. The quantitative estimate of drug-likeness (QED) is 0.827. The van der Waals surface area contributed by atoms with Crippen LogP contribution in [-0.2, 0) is 4.79 Å². The Hall–Kier alpha value is -1.79. The average molecular weight is 278 g/mol. The van der Waals surface area contributed by atoms with Crippen LogP contribution in [0.1, 0.15) is 18.1 Å². The van der Waals surface area contributed by atoms with Crippen LogP contribution in [0, 0.1) is 0 Å². The van der Waals surface area contributed by atoms with Crippen molar-refractivity contribution < 1.29 is 19.4 Å². The topological polar surface area (TPSA) is 71.0 Å². The molecule has 0 bridgehead atoms. The van der Waals surface area contributed by atoms with Gasteiger partial charge in [0.05, 0.1) is 12.1 Å². The lowest BCUT2D eigenvalue weighted by atomic mass is 10.1. The smallest absolute Gasteiger partial charge is 0.239 e. The van der Waals surface area contributed by atoms with E-state index < -0.39 is 6.10 Å². The predicted molar refractivity (Wildman–Crippen MR) is 71.6 cm³/mol. The molecule has 2 N–H and O–H groups in total. The molecule has 1 aromatic carbocycles. The van der Waals surface area contributed by atoms with Gasteiger partial charge in [0, 0.05) is 20.1 Å². The number of nitrogens with one attached hydrogen (secondary N) is 1. The van der Waals surface area contributed by atoms with E-state index in [1.807, 2.05) is 6.07 Å². The van der Waals surface area contributed by atoms with E-state index in [2.05, 4.69) is 5.32 Å². The Morgan fingerprint density at radius 2 is 2.25 bits per heavy atom. The summed E-state index contributed by atoms with van der Waals surface area (Å²) in [5.74, 6) is 1.43. The van der Waals surface area contributed by atoms with Gasteiger partial charge in [-0.25, -0.2) is 0 Å². The summed E-state index contributed by atoms with van der Waals surface area (Å²) in [7, 11) is 1.79. The Kier molecular flexibility index (Phi) is 3.50. The Morgan fingerprint density at radius 1 is 1.45 bits per heavy atom. The zero-order valence-electron chi connectivity index (χ0n) is 11.3. The number of carbonyl (C=O) groups excluding carboxylic acids is 1. The molecule has 0 aromatic heterocycles. The Balaban J connectivity index is 1.59. The first kappa shape index (κ1) is 13.2. The van der Waals surface area contributed by atoms with Gasteiger partial charge >= 0.3 is 0 Å². The third kappa shape index (κ3) is 2.44. The largest absolute Gasteiger partial charge is 0.454 e. The monoisotopic (exact) mass is 278 g/mol. The second-order valence-electron chi connectivity index (χ2n) is 5.14. The SMILES string of the molecule is CN1CCC(NCC(O)c2ccc3c(c2)OCO3)C1=O. The highest BCUT2D eigenvalue weighted by atomic mass is 16.7. The van der Waals surface area contributed by atoms with Crippen LogP contribution in [-0.4, -0.2) is 48.9 Å². The molecule has 3 rings (SSSR count). The molecule has 1 amide bonds. The molecule has 2 heterocycles. The lowest BCUT2D eigenvalue weighted by molar-refractivity contribution is -0.128. The van der Waals surface area contributed by atoms with Crippen LogP contribution in [0.5, 0.6) is 11.5 Å². The van der Waals surface area contributed by atoms with E-state index in [4.69, 9.17) is 9.47 Å². The van der Waals surface area contributed by atoms with Crippen molar-refractivity contribution in [3.05, 3.63) is 23.8 Å². The summed E-state index contributed by atoms with van der Waals surface area (Å²) in [6.45, 7) is 1.32. The summed E-state index contributed by atoms with van der Waals surface area (Å²) in [6, 6.07) is 5.18. The van der Waals surface area contributed by atoms with Crippen LogP contribution >= 0.6 is 0 Å². The second kappa shape index (κ2) is 5.30. The van der Waals surface area contributed by atoms with Gasteiger partial charge in [0.1, 0.15) is 0 Å². The number of hydrogen-bond donors (Lipinski definition) is 2. The van der Waals surface area contributed by atoms with Crippen molar-refractivity contribution in [1.29, 1.82) is 0 Å². The van der Waals surface area contributed by atoms with Crippen LogP contribution in [0.25, 0.3) is 0 Å². The number of likely N-dealkylation sites (N-methyl/N-ethyl adjacent to an activating group) is 1. The Labute approximate surface area is 117 Å². The lowest BCUT2D eigenvalue weighted by Gasteiger charge is -2.16. The third-order valence-electron chi connectivity index (χ3n) is 3.77. The molecule has 1 fully saturated rings. The minimum absolute atomic E-state index is 0.0860. The fourth-order valence-electron chi connectivity index (χ4n) is 2.50. The van der Waals surface area contributed by atoms with Crippen molar-refractivity contribution in [2.24, 2.45) is 0 Å². The molecular weight excluding hydrogens is 260 g/mol. The summed E-state index contributed by atoms with van der Waals surface area (Å²) in [4.78, 5) is 13.5. The van der Waals surface area contributed by atoms with Crippen LogP contribution in [0.3, 0.4) is 0 Å². The number of likely N-dealkylation sites (tertiary alicyclic amines) is 1. The molecule has 6 heteroatoms. The highest BCUT2D eigenvalue weighted by molar-refractivity contribution is 5.83. The molecule has 0 aliphatic carbocycles. The van der Waals surface area contributed by atoms with E-state index in [0.717, 1.165) is 18.5 Å². The van der Waals surface area contributed by atoms with Crippen molar-refractivity contribution in [2.75, 3.05) is 26.9 Å². The number of benzene rings is 1. The van der Waals surface area contributed by atoms with Crippen molar-refractivity contribution in [3.8, 4) is 11.5 Å². The maximum absolute atomic E-state index is 11.8. The molecule has 2 aliphatic heterocycles. The van der Waals surface area contributed by atoms with E-state index in [9.17, 15) is 9.90 Å². The zero-order valence-corrected chi connectivity index (χ0v) is 11.3. The van der Waals surface area contributed by atoms with Gasteiger partial charge in [0.15, 0.2) is 11.5 Å². The molecule has 20 heavy (non-hydrogen) atoms. The van der Waals surface area contributed by atoms with Crippen molar-refractivity contribution >= 4 is 5.91 Å². The average Bonchev–Trinajstić information content (AvgIpc) is 3.04. The molecule has 0 spiro atoms. The number of aliphatic hydroxyl groups is 1. The Bertz CT molecular complexity index is 520. The molecule has 0 radical (unpaired) electrons. The molecule has 1 saturated heterocycles. The van der Waals surface area contributed by atoms with Crippen molar-refractivity contribution in [3.63, 3.8) is 0 Å². The zero-order chi connectivity index (χ0) is 14.1. The van der Waals surface area contributed by atoms with E-state index in [0.29, 0.717) is 18.0 Å². The molecule has 2 unspecified atom stereocenters. The molecule has 108 valence electrons. The van der Waals surface area contributed by atoms with Gasteiger partial charge in [-0.2, -0.15) is 0 Å². The number of carbonyl (C=O) groups is 1. The van der Waals surface area contributed by atoms with Gasteiger partial charge in [-0.1, -0.05) is 6.07 Å². The Morgan fingerprint density at radius 3 is 3.00 bits per heavy atom. The maximum Gasteiger partial charge on any atom is 0.239 e. The van der Waals surface area contributed by atoms with Crippen LogP contribution in [0.15, 0.2) is 18.2 Å². The first-order chi connectivity index (χ1) is 9.65. The van der Waals surface area contributed by atoms with Crippen LogP contribution in [0.4, 0.5) is 0 Å². The summed E-state index contributed by atoms with van der Waals surface area (Å²) in [5.41, 5.74) is 0.751. The van der Waals surface area contributed by atoms with Gasteiger partial charge < -0.3 is 24.8 Å². The fourth-order valence-corrected chi connectivity index (χ4v) is 2.50. The molecule has 6 nitrogen and oxygen atoms in total. The second-order valence-corrected chi connectivity index (χ2v) is 5.14. The number of fused-ring (bicyclic) bond motifs is 1. The van der Waals surface area contributed by atoms with Gasteiger partial charge in [-0.3, -0.25) is 4.79 Å². The van der Waals surface area contributed by atoms with Gasteiger partial charge in [-0.05, 0) is 24.1 Å². The first-order valence-electron chi connectivity index (χ1n) is 6.71. The summed E-state index contributed by atoms with van der Waals surface area (Å²) in [6.07, 6.45) is 0.103. The number of aliphatic hydroxyl groups excluding tert-OH is 1. The minimum Gasteiger partial charge on any atom is -0.454 e. The lowest BCUT2D eigenvalue weighted by Crippen LogP contribution is -2.38. The highest BCUT2D eigenvalue weighted by Gasteiger charge is 2.29. The normalized spacial score (nSPS) is 22.4. The highest BCUT2D eigenvalue weighted by Crippen LogP contribution is 2.34. The van der Waals surface area contributed by atoms with Crippen LogP contribution in [0.2, 0.25) is 0 Å². The van der Waals surface area contributed by atoms with E-state index in [-0.39, 0.29) is 18.7 Å². The fraction of sp³-hybridized carbons (Fsp3) is 0.500. The standard InChI is InChI=1S/C14H18N2O4/c1-16-5-4-10(14(16)18)15-7-11(17)9-2-3-12-13(6-9)20-8-19-12/h2-3,6,10-11,15,17H,4-5,7-8H2,1H3. The molecule has 0 saturated carbocycles. The summed E-state index contributed by atoms with van der Waals surface area (Å²) >= 11 is 0. The molecule has 1 aromatic rings. The number of rotatable bonds is 4. The number of ether oxygens (including phenoxy) is 2. The van der Waals surface area contributed by atoms with Gasteiger partial charge in [-0.15, -0.1) is 0 Å². The predicted octanol–water partition coefficient (Wildman–Crippen LogP) is 0.269. The summed E-state index contributed by atoms with van der Waals surface area (Å²) in [5, 5.41) is 13.3. The van der Waals surface area contributed by atoms with Gasteiger partial charge in [0.25, 0.3) is 0 Å². The number of hydrogen-bond acceptors (Lipinski definition) is 5. The minimum atomic E-state index is -0.678. The van der Waals surface area contributed by atoms with E-state index in [1.165, 1.54) is 0 Å².